The van der Waals surface area contributed by atoms with Crippen LogP contribution < -0.4 is 10.6 Å². The Bertz CT molecular complexity index is 716. The molecule has 2 aromatic rings. The molecule has 148 valence electrons. The fourth-order valence-corrected chi connectivity index (χ4v) is 3.30. The number of thioether (sulfide) groups is 1. The van der Waals surface area contributed by atoms with Crippen molar-refractivity contribution >= 4 is 17.7 Å². The maximum atomic E-state index is 5.39. The summed E-state index contributed by atoms with van der Waals surface area (Å²) in [7, 11) is 1.66. The van der Waals surface area contributed by atoms with E-state index in [4.69, 9.17) is 14.1 Å². The molecule has 0 saturated heterocycles. The van der Waals surface area contributed by atoms with E-state index in [1.807, 2.05) is 16.8 Å². The van der Waals surface area contributed by atoms with Gasteiger partial charge in [-0.1, -0.05) is 0 Å². The van der Waals surface area contributed by atoms with Gasteiger partial charge in [0.1, 0.15) is 18.2 Å². The van der Waals surface area contributed by atoms with Gasteiger partial charge in [0.15, 0.2) is 11.8 Å². The second-order valence-electron chi connectivity index (χ2n) is 6.42. The zero-order chi connectivity index (χ0) is 18.9. The van der Waals surface area contributed by atoms with Crippen LogP contribution in [0.2, 0.25) is 0 Å². The van der Waals surface area contributed by atoms with Crippen LogP contribution >= 0.6 is 11.8 Å². The summed E-state index contributed by atoms with van der Waals surface area (Å²) in [6.07, 6.45) is 6.54. The Labute approximate surface area is 164 Å². The highest BCUT2D eigenvalue weighted by Gasteiger charge is 2.22. The largest absolute Gasteiger partial charge is 0.469 e. The molecule has 0 radical (unpaired) electrons. The summed E-state index contributed by atoms with van der Waals surface area (Å²) in [4.78, 5) is 9.23. The first kappa shape index (κ1) is 19.8. The number of furan rings is 1. The van der Waals surface area contributed by atoms with Crippen molar-refractivity contribution in [2.45, 2.75) is 38.5 Å². The lowest BCUT2D eigenvalue weighted by Gasteiger charge is -2.25. The van der Waals surface area contributed by atoms with Gasteiger partial charge in [-0.3, -0.25) is 4.99 Å². The third-order valence-corrected chi connectivity index (χ3v) is 4.92. The van der Waals surface area contributed by atoms with Crippen LogP contribution in [0.4, 0.5) is 0 Å². The molecule has 27 heavy (non-hydrogen) atoms. The molecule has 0 bridgehead atoms. The number of hydrogen-bond donors (Lipinski definition) is 2. The molecule has 1 aliphatic rings. The van der Waals surface area contributed by atoms with Crippen LogP contribution in [0, 0.1) is 0 Å². The predicted molar refractivity (Wildman–Crippen MR) is 107 cm³/mol. The number of fused-ring (bicyclic) bond motifs is 1. The lowest BCUT2D eigenvalue weighted by atomic mass is 10.1. The molecule has 0 saturated carbocycles. The van der Waals surface area contributed by atoms with Gasteiger partial charge in [-0.05, 0) is 24.8 Å². The van der Waals surface area contributed by atoms with Crippen LogP contribution in [0.3, 0.4) is 0 Å². The molecular weight excluding hydrogens is 364 g/mol. The molecule has 9 heteroatoms. The Kier molecular flexibility index (Phi) is 7.58. The highest BCUT2D eigenvalue weighted by atomic mass is 32.2. The zero-order valence-electron chi connectivity index (χ0n) is 16.0. The molecule has 0 spiro atoms. The number of nitrogens with zero attached hydrogens (tertiary/aromatic N) is 4. The summed E-state index contributed by atoms with van der Waals surface area (Å²) in [5.74, 6) is 4.61. The normalized spacial score (nSPS) is 17.0. The number of aromatic nitrogens is 3. The van der Waals surface area contributed by atoms with Crippen molar-refractivity contribution in [1.29, 1.82) is 0 Å². The molecule has 1 unspecified atom stereocenters. The van der Waals surface area contributed by atoms with Gasteiger partial charge in [-0.25, -0.2) is 9.67 Å². The fraction of sp³-hybridized carbons (Fsp3) is 0.611. The highest BCUT2D eigenvalue weighted by Crippen LogP contribution is 2.13. The van der Waals surface area contributed by atoms with Gasteiger partial charge >= 0.3 is 0 Å². The number of hydrogen-bond acceptors (Lipinski definition) is 6. The fourth-order valence-electron chi connectivity index (χ4n) is 3.02. The van der Waals surface area contributed by atoms with E-state index in [0.717, 1.165) is 68.0 Å². The first-order valence-corrected chi connectivity index (χ1v) is 10.7. The zero-order valence-corrected chi connectivity index (χ0v) is 16.8. The second-order valence-corrected chi connectivity index (χ2v) is 7.40. The molecule has 2 aromatic heterocycles. The minimum Gasteiger partial charge on any atom is -0.469 e. The van der Waals surface area contributed by atoms with Gasteiger partial charge in [-0.15, -0.1) is 0 Å². The van der Waals surface area contributed by atoms with E-state index >= 15 is 0 Å². The van der Waals surface area contributed by atoms with Crippen molar-refractivity contribution in [2.24, 2.45) is 4.99 Å². The average molecular weight is 393 g/mol. The highest BCUT2D eigenvalue weighted by molar-refractivity contribution is 7.98. The molecule has 8 nitrogen and oxygen atoms in total. The summed E-state index contributed by atoms with van der Waals surface area (Å²) in [6.45, 7) is 2.80. The molecule has 2 N–H and O–H groups in total. The molecule has 0 aliphatic carbocycles. The number of aliphatic imine (C=N–C) groups is 1. The van der Waals surface area contributed by atoms with Crippen LogP contribution in [0.15, 0.2) is 27.8 Å². The molecule has 0 amide bonds. The number of methoxy groups -OCH3 is 1. The molecule has 0 aromatic carbocycles. The van der Waals surface area contributed by atoms with Crippen LogP contribution in [0.25, 0.3) is 0 Å². The van der Waals surface area contributed by atoms with Crippen molar-refractivity contribution in [3.63, 3.8) is 0 Å². The minimum atomic E-state index is 0.277. The maximum Gasteiger partial charge on any atom is 0.191 e. The molecular formula is C18H28N6O2S. The molecule has 3 rings (SSSR count). The predicted octanol–water partition coefficient (Wildman–Crippen LogP) is 1.47. The van der Waals surface area contributed by atoms with Gasteiger partial charge in [0.25, 0.3) is 0 Å². The first-order valence-electron chi connectivity index (χ1n) is 9.26. The molecule has 3 heterocycles. The summed E-state index contributed by atoms with van der Waals surface area (Å²) in [5.41, 5.74) is 0. The van der Waals surface area contributed by atoms with Crippen LogP contribution in [-0.4, -0.2) is 59.0 Å². The van der Waals surface area contributed by atoms with Gasteiger partial charge < -0.3 is 19.8 Å². The Morgan fingerprint density at radius 1 is 1.52 bits per heavy atom. The Hall–Kier alpha value is -2.00. The Morgan fingerprint density at radius 3 is 3.22 bits per heavy atom. The van der Waals surface area contributed by atoms with E-state index < -0.39 is 0 Å². The van der Waals surface area contributed by atoms with E-state index in [-0.39, 0.29) is 6.04 Å². The van der Waals surface area contributed by atoms with Crippen LogP contribution in [0.1, 0.15) is 23.8 Å². The summed E-state index contributed by atoms with van der Waals surface area (Å²) in [6, 6.07) is 4.18. The lowest BCUT2D eigenvalue weighted by molar-refractivity contribution is 0.177. The van der Waals surface area contributed by atoms with Crippen LogP contribution in [0.5, 0.6) is 0 Å². The number of aryl methyl sites for hydroxylation is 1. The Balaban J connectivity index is 1.55. The summed E-state index contributed by atoms with van der Waals surface area (Å²) >= 11 is 1.80. The van der Waals surface area contributed by atoms with Crippen molar-refractivity contribution in [1.82, 2.24) is 25.4 Å². The van der Waals surface area contributed by atoms with Gasteiger partial charge in [0, 0.05) is 38.3 Å². The number of rotatable bonds is 9. The van der Waals surface area contributed by atoms with Crippen molar-refractivity contribution in [3.8, 4) is 0 Å². The average Bonchev–Trinajstić information content (AvgIpc) is 3.31. The van der Waals surface area contributed by atoms with Gasteiger partial charge in [-0.2, -0.15) is 16.9 Å². The van der Waals surface area contributed by atoms with E-state index in [1.165, 1.54) is 0 Å². The topological polar surface area (TPSA) is 89.5 Å². The SMILES string of the molecule is COCc1nc2n(n1)CC(NC(=NCCSC)NCCc1ccco1)CC2. The van der Waals surface area contributed by atoms with Gasteiger partial charge in [0.05, 0.1) is 19.4 Å². The lowest BCUT2D eigenvalue weighted by Crippen LogP contribution is -2.47. The van der Waals surface area contributed by atoms with E-state index in [9.17, 15) is 0 Å². The monoisotopic (exact) mass is 392 g/mol. The number of ether oxygens (including phenoxy) is 1. The van der Waals surface area contributed by atoms with Crippen molar-refractivity contribution in [3.05, 3.63) is 35.8 Å². The van der Waals surface area contributed by atoms with Crippen LogP contribution in [-0.2, 0) is 30.7 Å². The summed E-state index contributed by atoms with van der Waals surface area (Å²) < 4.78 is 12.5. The second kappa shape index (κ2) is 10.4. The third kappa shape index (κ3) is 6.00. The standard InChI is InChI=1S/C18H28N6O2S/c1-25-13-16-22-17-6-5-14(12-24(17)23-16)21-18(20-9-11-27-2)19-8-7-15-4-3-10-26-15/h3-4,10,14H,5-9,11-13H2,1-2H3,(H2,19,20,21). The quantitative estimate of drug-likeness (QED) is 0.379. The van der Waals surface area contributed by atoms with Gasteiger partial charge in [0.2, 0.25) is 0 Å². The molecule has 1 atom stereocenters. The van der Waals surface area contributed by atoms with Crippen molar-refractivity contribution < 1.29 is 9.15 Å². The van der Waals surface area contributed by atoms with E-state index in [1.54, 1.807) is 25.1 Å². The van der Waals surface area contributed by atoms with E-state index in [0.29, 0.717) is 6.61 Å². The minimum absolute atomic E-state index is 0.277. The third-order valence-electron chi connectivity index (χ3n) is 4.33. The smallest absolute Gasteiger partial charge is 0.191 e. The number of guanidine groups is 1. The molecule has 0 fully saturated rings. The maximum absolute atomic E-state index is 5.39. The first-order chi connectivity index (χ1) is 13.3. The molecule has 1 aliphatic heterocycles. The van der Waals surface area contributed by atoms with E-state index in [2.05, 4.69) is 27.0 Å². The number of nitrogens with one attached hydrogen (secondary N) is 2. The summed E-state index contributed by atoms with van der Waals surface area (Å²) in [5, 5.41) is 11.5. The van der Waals surface area contributed by atoms with Crippen molar-refractivity contribution in [2.75, 3.05) is 32.2 Å². The Morgan fingerprint density at radius 2 is 2.44 bits per heavy atom.